The molecule has 0 atom stereocenters. The maximum absolute atomic E-state index is 10.6. The van der Waals surface area contributed by atoms with Crippen molar-refractivity contribution in [1.82, 2.24) is 4.98 Å². The van der Waals surface area contributed by atoms with Gasteiger partial charge in [0, 0.05) is 18.0 Å². The van der Waals surface area contributed by atoms with Crippen LogP contribution in [0.2, 0.25) is 0 Å². The molecule has 0 saturated carbocycles. The Balaban J connectivity index is 0.000000444. The molecule has 28 heavy (non-hydrogen) atoms. The van der Waals surface area contributed by atoms with Gasteiger partial charge in [0.1, 0.15) is 6.29 Å². The molecule has 1 aromatic heterocycles. The second-order valence-electron chi connectivity index (χ2n) is 4.59. The Hall–Kier alpha value is -3.44. The SMILES string of the molecule is O=C(O)C(F)(F)F.O=C(O)C(F)(F)F.O=Cc1ccc(-c2cccnc2)cc1. The van der Waals surface area contributed by atoms with Crippen LogP contribution in [0.25, 0.3) is 11.1 Å². The third-order valence-corrected chi connectivity index (χ3v) is 2.53. The number of carbonyl (C=O) groups excluding carboxylic acids is 1. The van der Waals surface area contributed by atoms with Gasteiger partial charge in [-0.2, -0.15) is 26.3 Å². The van der Waals surface area contributed by atoms with Crippen LogP contribution in [0.3, 0.4) is 0 Å². The fourth-order valence-electron chi connectivity index (χ4n) is 1.29. The molecule has 0 spiro atoms. The van der Waals surface area contributed by atoms with Crippen molar-refractivity contribution < 1.29 is 50.9 Å². The van der Waals surface area contributed by atoms with Crippen LogP contribution in [0.5, 0.6) is 0 Å². The van der Waals surface area contributed by atoms with Gasteiger partial charge in [0.2, 0.25) is 0 Å². The van der Waals surface area contributed by atoms with Crippen LogP contribution < -0.4 is 0 Å². The summed E-state index contributed by atoms with van der Waals surface area (Å²) in [5.74, 6) is -5.51. The van der Waals surface area contributed by atoms with Crippen molar-refractivity contribution >= 4 is 18.2 Å². The van der Waals surface area contributed by atoms with Gasteiger partial charge in [-0.25, -0.2) is 9.59 Å². The fourth-order valence-corrected chi connectivity index (χ4v) is 1.29. The molecule has 0 radical (unpaired) electrons. The lowest BCUT2D eigenvalue weighted by atomic mass is 10.1. The van der Waals surface area contributed by atoms with E-state index >= 15 is 0 Å². The molecule has 12 heteroatoms. The number of alkyl halides is 6. The summed E-state index contributed by atoms with van der Waals surface area (Å²) in [6.07, 6.45) is -5.79. The molecule has 2 aromatic rings. The van der Waals surface area contributed by atoms with Crippen LogP contribution in [-0.2, 0) is 9.59 Å². The quantitative estimate of drug-likeness (QED) is 0.575. The number of rotatable bonds is 2. The van der Waals surface area contributed by atoms with Gasteiger partial charge in [-0.15, -0.1) is 0 Å². The van der Waals surface area contributed by atoms with Gasteiger partial charge in [-0.3, -0.25) is 9.78 Å². The van der Waals surface area contributed by atoms with E-state index in [0.29, 0.717) is 5.56 Å². The van der Waals surface area contributed by atoms with Crippen LogP contribution in [0.4, 0.5) is 26.3 Å². The fraction of sp³-hybridized carbons (Fsp3) is 0.125. The van der Waals surface area contributed by atoms with Crippen molar-refractivity contribution in [3.8, 4) is 11.1 Å². The number of pyridine rings is 1. The molecule has 0 bridgehead atoms. The van der Waals surface area contributed by atoms with E-state index in [9.17, 15) is 31.1 Å². The van der Waals surface area contributed by atoms with Crippen molar-refractivity contribution in [3.63, 3.8) is 0 Å². The molecule has 0 amide bonds. The largest absolute Gasteiger partial charge is 0.490 e. The molecular formula is C16H11F6NO5. The summed E-state index contributed by atoms with van der Waals surface area (Å²) < 4.78 is 63.5. The highest BCUT2D eigenvalue weighted by Crippen LogP contribution is 2.17. The van der Waals surface area contributed by atoms with Crippen molar-refractivity contribution in [1.29, 1.82) is 0 Å². The van der Waals surface area contributed by atoms with Crippen molar-refractivity contribution in [2.24, 2.45) is 0 Å². The number of aliphatic carboxylic acids is 2. The lowest BCUT2D eigenvalue weighted by Gasteiger charge is -1.99. The first kappa shape index (κ1) is 24.6. The first-order chi connectivity index (χ1) is 12.8. The molecule has 6 nitrogen and oxygen atoms in total. The Morgan fingerprint density at radius 2 is 1.25 bits per heavy atom. The summed E-state index contributed by atoms with van der Waals surface area (Å²) in [5, 5.41) is 14.2. The zero-order valence-corrected chi connectivity index (χ0v) is 13.5. The minimum absolute atomic E-state index is 0.692. The molecule has 0 aliphatic heterocycles. The third-order valence-electron chi connectivity index (χ3n) is 2.53. The number of hydrogen-bond donors (Lipinski definition) is 2. The Morgan fingerprint density at radius 1 is 0.821 bits per heavy atom. The van der Waals surface area contributed by atoms with Crippen LogP contribution in [-0.4, -0.2) is 45.8 Å². The molecule has 0 fully saturated rings. The van der Waals surface area contributed by atoms with E-state index < -0.39 is 24.3 Å². The molecule has 0 saturated heterocycles. The van der Waals surface area contributed by atoms with Crippen LogP contribution in [0.1, 0.15) is 10.4 Å². The molecule has 1 aromatic carbocycles. The Kier molecular flexibility index (Phi) is 9.34. The molecule has 2 N–H and O–H groups in total. The van der Waals surface area contributed by atoms with Gasteiger partial charge in [-0.1, -0.05) is 30.3 Å². The van der Waals surface area contributed by atoms with E-state index in [1.54, 1.807) is 24.5 Å². The van der Waals surface area contributed by atoms with Crippen LogP contribution in [0, 0.1) is 0 Å². The first-order valence-electron chi connectivity index (χ1n) is 6.85. The summed E-state index contributed by atoms with van der Waals surface area (Å²) in [6.45, 7) is 0. The number of aromatic nitrogens is 1. The number of aldehydes is 1. The average Bonchev–Trinajstić information content (AvgIpc) is 2.62. The van der Waals surface area contributed by atoms with Gasteiger partial charge in [0.05, 0.1) is 0 Å². The lowest BCUT2D eigenvalue weighted by molar-refractivity contribution is -0.193. The highest BCUT2D eigenvalue weighted by Gasteiger charge is 2.38. The minimum Gasteiger partial charge on any atom is -0.475 e. The maximum Gasteiger partial charge on any atom is 0.490 e. The third kappa shape index (κ3) is 9.89. The second kappa shape index (κ2) is 10.6. The number of carboxylic acids is 2. The maximum atomic E-state index is 10.6. The van der Waals surface area contributed by atoms with Crippen molar-refractivity contribution in [3.05, 3.63) is 54.4 Å². The molecule has 1 heterocycles. The predicted octanol–water partition coefficient (Wildman–Crippen LogP) is 3.83. The van der Waals surface area contributed by atoms with Gasteiger partial charge >= 0.3 is 24.3 Å². The molecular weight excluding hydrogens is 400 g/mol. The van der Waals surface area contributed by atoms with Crippen molar-refractivity contribution in [2.75, 3.05) is 0 Å². The predicted molar refractivity (Wildman–Crippen MR) is 82.4 cm³/mol. The summed E-state index contributed by atoms with van der Waals surface area (Å²) in [5.41, 5.74) is 2.83. The number of nitrogens with zero attached hydrogens (tertiary/aromatic N) is 1. The number of carbonyl (C=O) groups is 3. The van der Waals surface area contributed by atoms with E-state index in [0.717, 1.165) is 17.4 Å². The number of hydrogen-bond acceptors (Lipinski definition) is 4. The van der Waals surface area contributed by atoms with Crippen LogP contribution in [0.15, 0.2) is 48.8 Å². The normalized spacial score (nSPS) is 10.5. The summed E-state index contributed by atoms with van der Waals surface area (Å²) in [4.78, 5) is 32.3. The van der Waals surface area contributed by atoms with E-state index in [1.165, 1.54) is 0 Å². The first-order valence-corrected chi connectivity index (χ1v) is 6.85. The molecule has 0 aliphatic carbocycles. The summed E-state index contributed by atoms with van der Waals surface area (Å²) >= 11 is 0. The lowest BCUT2D eigenvalue weighted by Crippen LogP contribution is -2.21. The number of carboxylic acid groups (broad SMARTS) is 2. The molecule has 0 unspecified atom stereocenters. The second-order valence-corrected chi connectivity index (χ2v) is 4.59. The van der Waals surface area contributed by atoms with Gasteiger partial charge in [0.25, 0.3) is 0 Å². The van der Waals surface area contributed by atoms with E-state index in [1.807, 2.05) is 24.3 Å². The number of halogens is 6. The topological polar surface area (TPSA) is 105 Å². The molecule has 0 aliphatic rings. The Morgan fingerprint density at radius 3 is 1.54 bits per heavy atom. The van der Waals surface area contributed by atoms with Gasteiger partial charge in [-0.05, 0) is 17.2 Å². The highest BCUT2D eigenvalue weighted by atomic mass is 19.4. The monoisotopic (exact) mass is 411 g/mol. The standard InChI is InChI=1S/C12H9NO.2C2HF3O2/c14-9-10-3-5-11(6-4-10)12-2-1-7-13-8-12;2*3-2(4,5)1(6)7/h1-9H;2*(H,6,7). The Bertz CT molecular complexity index is 749. The smallest absolute Gasteiger partial charge is 0.475 e. The Labute approximate surface area is 153 Å². The van der Waals surface area contributed by atoms with Crippen molar-refractivity contribution in [2.45, 2.75) is 12.4 Å². The molecule has 2 rings (SSSR count). The van der Waals surface area contributed by atoms with Gasteiger partial charge < -0.3 is 10.2 Å². The van der Waals surface area contributed by atoms with Gasteiger partial charge in [0.15, 0.2) is 0 Å². The van der Waals surface area contributed by atoms with E-state index in [4.69, 9.17) is 19.8 Å². The summed E-state index contributed by atoms with van der Waals surface area (Å²) in [6, 6.07) is 11.3. The van der Waals surface area contributed by atoms with E-state index in [-0.39, 0.29) is 0 Å². The zero-order chi connectivity index (χ0) is 22.0. The summed E-state index contributed by atoms with van der Waals surface area (Å²) in [7, 11) is 0. The average molecular weight is 411 g/mol. The van der Waals surface area contributed by atoms with Crippen LogP contribution >= 0.6 is 0 Å². The number of benzene rings is 1. The molecule has 152 valence electrons. The van der Waals surface area contributed by atoms with E-state index in [2.05, 4.69) is 4.98 Å². The minimum atomic E-state index is -5.08. The zero-order valence-electron chi connectivity index (χ0n) is 13.5. The highest BCUT2D eigenvalue weighted by molar-refractivity contribution is 5.76.